The van der Waals surface area contributed by atoms with Gasteiger partial charge in [0, 0.05) is 29.6 Å². The van der Waals surface area contributed by atoms with E-state index in [0.29, 0.717) is 5.92 Å². The fourth-order valence-corrected chi connectivity index (χ4v) is 2.60. The van der Waals surface area contributed by atoms with Gasteiger partial charge >= 0.3 is 0 Å². The van der Waals surface area contributed by atoms with Crippen LogP contribution < -0.4 is 5.32 Å². The largest absolute Gasteiger partial charge is 0.464 e. The van der Waals surface area contributed by atoms with Crippen LogP contribution >= 0.6 is 0 Å². The lowest BCUT2D eigenvalue weighted by Gasteiger charge is -2.07. The topological polar surface area (TPSA) is 51.0 Å². The zero-order valence-electron chi connectivity index (χ0n) is 12.0. The minimum absolute atomic E-state index is 0.599. The van der Waals surface area contributed by atoms with Gasteiger partial charge in [0.25, 0.3) is 0 Å². The minimum atomic E-state index is 0.599. The van der Waals surface area contributed by atoms with Crippen molar-refractivity contribution in [2.45, 2.75) is 25.7 Å². The molecule has 0 spiro atoms. The van der Waals surface area contributed by atoms with Gasteiger partial charge in [-0.2, -0.15) is 0 Å². The smallest absolute Gasteiger partial charge is 0.165 e. The van der Waals surface area contributed by atoms with E-state index in [1.165, 1.54) is 12.8 Å². The number of benzene rings is 1. The zero-order valence-corrected chi connectivity index (χ0v) is 12.0. The molecule has 1 N–H and O–H groups in total. The van der Waals surface area contributed by atoms with Crippen LogP contribution in [0.3, 0.4) is 0 Å². The number of nitrogens with one attached hydrogen (secondary N) is 1. The lowest BCUT2D eigenvalue weighted by atomic mass is 10.1. The third-order valence-corrected chi connectivity index (χ3v) is 3.82. The Morgan fingerprint density at radius 1 is 1.24 bits per heavy atom. The molecule has 3 aromatic rings. The van der Waals surface area contributed by atoms with E-state index in [4.69, 9.17) is 9.40 Å². The van der Waals surface area contributed by atoms with Gasteiger partial charge in [0.2, 0.25) is 0 Å². The summed E-state index contributed by atoms with van der Waals surface area (Å²) in [6, 6.07) is 10.1. The summed E-state index contributed by atoms with van der Waals surface area (Å²) in [6.45, 7) is 2.93. The van der Waals surface area contributed by atoms with Crippen LogP contribution in [0.4, 0.5) is 5.82 Å². The molecule has 1 fully saturated rings. The van der Waals surface area contributed by atoms with E-state index < -0.39 is 0 Å². The summed E-state index contributed by atoms with van der Waals surface area (Å²) in [6.07, 6.45) is 4.22. The predicted molar refractivity (Wildman–Crippen MR) is 83.4 cm³/mol. The van der Waals surface area contributed by atoms with Gasteiger partial charge in [0.05, 0.1) is 5.56 Å². The summed E-state index contributed by atoms with van der Waals surface area (Å²) in [5, 5.41) is 4.36. The molecule has 1 saturated carbocycles. The fraction of sp³-hybridized carbons (Fsp3) is 0.294. The molecule has 0 amide bonds. The summed E-state index contributed by atoms with van der Waals surface area (Å²) in [5.41, 5.74) is 2.98. The van der Waals surface area contributed by atoms with E-state index in [9.17, 15) is 0 Å². The van der Waals surface area contributed by atoms with Crippen LogP contribution in [0.1, 0.15) is 31.4 Å². The van der Waals surface area contributed by atoms with Gasteiger partial charge in [0.15, 0.2) is 5.82 Å². The highest BCUT2D eigenvalue weighted by atomic mass is 16.3. The van der Waals surface area contributed by atoms with Crippen LogP contribution in [0.15, 0.2) is 41.0 Å². The Kier molecular flexibility index (Phi) is 2.88. The number of furan rings is 1. The van der Waals surface area contributed by atoms with Crippen LogP contribution in [0.5, 0.6) is 0 Å². The standard InChI is InChI=1S/C17H17N3O/c1-2-18-16-9-14(11-7-8-11)19-17(20-16)13-10-21-15-6-4-3-5-12(13)15/h3-6,9-11H,2,7-8H2,1H3,(H,18,19,20). The molecule has 1 aliphatic rings. The number of para-hydroxylation sites is 1. The van der Waals surface area contributed by atoms with Crippen molar-refractivity contribution in [1.82, 2.24) is 9.97 Å². The summed E-state index contributed by atoms with van der Waals surface area (Å²) < 4.78 is 5.62. The molecule has 4 rings (SSSR count). The maximum Gasteiger partial charge on any atom is 0.165 e. The summed E-state index contributed by atoms with van der Waals surface area (Å²) in [5.74, 6) is 2.25. The van der Waals surface area contributed by atoms with E-state index in [-0.39, 0.29) is 0 Å². The van der Waals surface area contributed by atoms with Crippen LogP contribution in [0.25, 0.3) is 22.4 Å². The molecular weight excluding hydrogens is 262 g/mol. The first-order valence-electron chi connectivity index (χ1n) is 7.44. The van der Waals surface area contributed by atoms with Crippen LogP contribution in [0.2, 0.25) is 0 Å². The van der Waals surface area contributed by atoms with Gasteiger partial charge in [-0.1, -0.05) is 18.2 Å². The predicted octanol–water partition coefficient (Wildman–Crippen LogP) is 4.20. The number of nitrogens with zero attached hydrogens (tertiary/aromatic N) is 2. The molecule has 21 heavy (non-hydrogen) atoms. The molecule has 106 valence electrons. The molecule has 1 aliphatic carbocycles. The second kappa shape index (κ2) is 4.88. The van der Waals surface area contributed by atoms with Gasteiger partial charge in [-0.25, -0.2) is 9.97 Å². The summed E-state index contributed by atoms with van der Waals surface area (Å²) in [7, 11) is 0. The highest BCUT2D eigenvalue weighted by Crippen LogP contribution is 2.40. The van der Waals surface area contributed by atoms with Gasteiger partial charge in [-0.15, -0.1) is 0 Å². The van der Waals surface area contributed by atoms with Crippen molar-refractivity contribution in [3.63, 3.8) is 0 Å². The van der Waals surface area contributed by atoms with Gasteiger partial charge in [0.1, 0.15) is 17.7 Å². The average molecular weight is 279 g/mol. The van der Waals surface area contributed by atoms with Crippen molar-refractivity contribution >= 4 is 16.8 Å². The Labute approximate surface area is 123 Å². The van der Waals surface area contributed by atoms with E-state index in [1.807, 2.05) is 24.3 Å². The number of anilines is 1. The summed E-state index contributed by atoms with van der Waals surface area (Å²) in [4.78, 5) is 9.40. The lowest BCUT2D eigenvalue weighted by Crippen LogP contribution is -2.03. The third-order valence-electron chi connectivity index (χ3n) is 3.82. The second-order valence-corrected chi connectivity index (χ2v) is 5.45. The molecule has 2 aromatic heterocycles. The van der Waals surface area contributed by atoms with Gasteiger partial charge in [-0.3, -0.25) is 0 Å². The Morgan fingerprint density at radius 2 is 2.10 bits per heavy atom. The van der Waals surface area contributed by atoms with Crippen molar-refractivity contribution in [1.29, 1.82) is 0 Å². The molecular formula is C17H17N3O. The molecule has 0 unspecified atom stereocenters. The molecule has 1 aromatic carbocycles. The molecule has 4 heteroatoms. The van der Waals surface area contributed by atoms with Crippen molar-refractivity contribution in [3.8, 4) is 11.4 Å². The molecule has 0 atom stereocenters. The number of rotatable bonds is 4. The fourth-order valence-electron chi connectivity index (χ4n) is 2.60. The van der Waals surface area contributed by atoms with Crippen LogP contribution in [0, 0.1) is 0 Å². The van der Waals surface area contributed by atoms with Crippen molar-refractivity contribution in [3.05, 3.63) is 42.3 Å². The maximum atomic E-state index is 5.62. The lowest BCUT2D eigenvalue weighted by molar-refractivity contribution is 0.616. The molecule has 2 heterocycles. The van der Waals surface area contributed by atoms with Crippen molar-refractivity contribution < 1.29 is 4.42 Å². The monoisotopic (exact) mass is 279 g/mol. The van der Waals surface area contributed by atoms with E-state index >= 15 is 0 Å². The first-order valence-corrected chi connectivity index (χ1v) is 7.44. The van der Waals surface area contributed by atoms with E-state index in [1.54, 1.807) is 6.26 Å². The molecule has 0 aliphatic heterocycles. The van der Waals surface area contributed by atoms with E-state index in [2.05, 4.69) is 23.3 Å². The molecule has 4 nitrogen and oxygen atoms in total. The highest BCUT2D eigenvalue weighted by molar-refractivity contribution is 5.92. The van der Waals surface area contributed by atoms with Gasteiger partial charge in [-0.05, 0) is 25.8 Å². The highest BCUT2D eigenvalue weighted by Gasteiger charge is 2.26. The average Bonchev–Trinajstić information content (AvgIpc) is 3.27. The number of aromatic nitrogens is 2. The Balaban J connectivity index is 1.86. The third kappa shape index (κ3) is 2.27. The van der Waals surface area contributed by atoms with E-state index in [0.717, 1.165) is 40.4 Å². The Bertz CT molecular complexity index is 790. The van der Waals surface area contributed by atoms with Crippen LogP contribution in [-0.4, -0.2) is 16.5 Å². The SMILES string of the molecule is CCNc1cc(C2CC2)nc(-c2coc3ccccc23)n1. The van der Waals surface area contributed by atoms with Crippen molar-refractivity contribution in [2.75, 3.05) is 11.9 Å². The maximum absolute atomic E-state index is 5.62. The number of hydrogen-bond acceptors (Lipinski definition) is 4. The van der Waals surface area contributed by atoms with Gasteiger partial charge < -0.3 is 9.73 Å². The normalized spacial score (nSPS) is 14.5. The number of fused-ring (bicyclic) bond motifs is 1. The first-order chi connectivity index (χ1) is 10.3. The minimum Gasteiger partial charge on any atom is -0.464 e. The Hall–Kier alpha value is -2.36. The summed E-state index contributed by atoms with van der Waals surface area (Å²) >= 11 is 0. The number of hydrogen-bond donors (Lipinski definition) is 1. The zero-order chi connectivity index (χ0) is 14.2. The quantitative estimate of drug-likeness (QED) is 0.777. The van der Waals surface area contributed by atoms with Crippen molar-refractivity contribution in [2.24, 2.45) is 0 Å². The van der Waals surface area contributed by atoms with Crippen LogP contribution in [-0.2, 0) is 0 Å². The first kappa shape index (κ1) is 12.4. The molecule has 0 bridgehead atoms. The molecule has 0 saturated heterocycles. The Morgan fingerprint density at radius 3 is 2.90 bits per heavy atom. The second-order valence-electron chi connectivity index (χ2n) is 5.45. The molecule has 0 radical (unpaired) electrons.